The first-order valence-corrected chi connectivity index (χ1v) is 19.6. The number of carboxylic acid groups (broad SMARTS) is 2. The van der Waals surface area contributed by atoms with Crippen LogP contribution in [0.5, 0.6) is 0 Å². The van der Waals surface area contributed by atoms with Crippen molar-refractivity contribution in [1.82, 2.24) is 10.8 Å². The minimum Gasteiger partial charge on any atom is -0.481 e. The van der Waals surface area contributed by atoms with Crippen LogP contribution in [0.3, 0.4) is 0 Å². The van der Waals surface area contributed by atoms with Crippen LogP contribution in [0.1, 0.15) is 128 Å². The molecule has 4 aliphatic carbocycles. The Balaban J connectivity index is 1.06. The summed E-state index contributed by atoms with van der Waals surface area (Å²) in [4.78, 5) is 68.0. The Hall–Kier alpha value is -2.73. The van der Waals surface area contributed by atoms with E-state index in [-0.39, 0.29) is 49.1 Å². The smallest absolute Gasteiger partial charge is 0.308 e. The molecule has 12 nitrogen and oxygen atoms in total. The van der Waals surface area contributed by atoms with E-state index in [1.165, 1.54) is 38.5 Å². The molecule has 1 amide bonds. The zero-order valence-corrected chi connectivity index (χ0v) is 30.0. The van der Waals surface area contributed by atoms with Crippen molar-refractivity contribution in [3.8, 4) is 0 Å². The number of aliphatic carboxylic acids is 2. The van der Waals surface area contributed by atoms with Gasteiger partial charge in [-0.2, -0.15) is 0 Å². The van der Waals surface area contributed by atoms with E-state index in [9.17, 15) is 34.2 Å². The highest BCUT2D eigenvalue weighted by Gasteiger charge is 2.42. The first-order valence-electron chi connectivity index (χ1n) is 19.6. The van der Waals surface area contributed by atoms with Crippen LogP contribution in [0.4, 0.5) is 0 Å². The van der Waals surface area contributed by atoms with Gasteiger partial charge in [0.2, 0.25) is 5.91 Å². The highest BCUT2D eigenvalue weighted by Crippen LogP contribution is 2.37. The number of nitrogens with one attached hydrogen (secondary N) is 2. The van der Waals surface area contributed by atoms with Crippen LogP contribution < -0.4 is 10.8 Å². The van der Waals surface area contributed by atoms with Gasteiger partial charge in [-0.1, -0.05) is 51.4 Å². The van der Waals surface area contributed by atoms with E-state index < -0.39 is 35.6 Å². The molecule has 0 saturated heterocycles. The minimum absolute atomic E-state index is 0.206. The third-order valence-electron chi connectivity index (χ3n) is 11.7. The Labute approximate surface area is 297 Å². The normalized spacial score (nSPS) is 28.0. The number of carbonyl (C=O) groups is 5. The van der Waals surface area contributed by atoms with Gasteiger partial charge in [-0.3, -0.25) is 24.0 Å². The van der Waals surface area contributed by atoms with Crippen LogP contribution in [-0.4, -0.2) is 72.9 Å². The average Bonchev–Trinajstić information content (AvgIpc) is 3.13. The Bertz CT molecular complexity index is 1090. The number of amides is 1. The minimum atomic E-state index is -0.997. The molecule has 4 fully saturated rings. The van der Waals surface area contributed by atoms with Gasteiger partial charge in [-0.15, -0.1) is 0 Å². The van der Waals surface area contributed by atoms with E-state index in [0.29, 0.717) is 63.8 Å². The molecule has 50 heavy (non-hydrogen) atoms. The van der Waals surface area contributed by atoms with Gasteiger partial charge in [0.25, 0.3) is 0 Å². The standard InChI is InChI=1S/C38H62N2O10/c41-34(33-22-29(16-18-32(33)36(44)45)38(47)49-24-27-13-7-4-8-14-27)39-19-9-1-2-10-20-40-50-25-30-21-28(15-17-31(30)35(42)43)37(46)48-23-26-11-5-3-6-12-26/h26-33,40H,1-25H2,(H,39,41)(H,42,43)(H,44,45). The predicted molar refractivity (Wildman–Crippen MR) is 184 cm³/mol. The molecule has 6 atom stereocenters. The highest BCUT2D eigenvalue weighted by molar-refractivity contribution is 5.86. The lowest BCUT2D eigenvalue weighted by molar-refractivity contribution is -0.158. The number of unbranched alkanes of at least 4 members (excludes halogenated alkanes) is 3. The number of hydrogen-bond donors (Lipinski definition) is 4. The largest absolute Gasteiger partial charge is 0.481 e. The molecule has 0 aliphatic heterocycles. The number of carbonyl (C=O) groups excluding carboxylic acids is 3. The number of esters is 2. The third-order valence-corrected chi connectivity index (χ3v) is 11.7. The van der Waals surface area contributed by atoms with Gasteiger partial charge in [0.1, 0.15) is 0 Å². The molecule has 4 saturated carbocycles. The summed E-state index contributed by atoms with van der Waals surface area (Å²) >= 11 is 0. The summed E-state index contributed by atoms with van der Waals surface area (Å²) in [6.07, 6.45) is 17.2. The average molecular weight is 707 g/mol. The van der Waals surface area contributed by atoms with Crippen LogP contribution >= 0.6 is 0 Å². The number of hydroxylamine groups is 1. The Morgan fingerprint density at radius 2 is 1.06 bits per heavy atom. The summed E-state index contributed by atoms with van der Waals surface area (Å²) < 4.78 is 11.3. The fourth-order valence-corrected chi connectivity index (χ4v) is 8.56. The summed E-state index contributed by atoms with van der Waals surface area (Å²) in [6.45, 7) is 2.13. The Kier molecular flexibility index (Phi) is 17.3. The van der Waals surface area contributed by atoms with Crippen LogP contribution in [0, 0.1) is 47.3 Å². The molecule has 12 heteroatoms. The van der Waals surface area contributed by atoms with Gasteiger partial charge in [0, 0.05) is 13.1 Å². The molecule has 4 aliphatic rings. The van der Waals surface area contributed by atoms with Gasteiger partial charge in [-0.25, -0.2) is 5.48 Å². The summed E-state index contributed by atoms with van der Waals surface area (Å²) in [5.74, 6) is -4.90. The van der Waals surface area contributed by atoms with Crippen LogP contribution in [0.25, 0.3) is 0 Å². The maximum absolute atomic E-state index is 13.0. The van der Waals surface area contributed by atoms with Crippen LogP contribution in [-0.2, 0) is 38.3 Å². The third kappa shape index (κ3) is 13.1. The lowest BCUT2D eigenvalue weighted by Gasteiger charge is -2.33. The fraction of sp³-hybridized carbons (Fsp3) is 0.868. The number of rotatable bonds is 19. The van der Waals surface area contributed by atoms with E-state index in [4.69, 9.17) is 14.3 Å². The van der Waals surface area contributed by atoms with E-state index in [1.54, 1.807) is 0 Å². The SMILES string of the molecule is O=C(OCC1CCCCC1)C1CCC(C(=O)O)C(CONCCCCCCNC(=O)C2CC(C(=O)OCC3CCCCC3)CCC2C(=O)O)C1. The molecule has 4 N–H and O–H groups in total. The zero-order valence-electron chi connectivity index (χ0n) is 30.0. The lowest BCUT2D eigenvalue weighted by Crippen LogP contribution is -2.43. The number of hydrogen-bond acceptors (Lipinski definition) is 9. The zero-order chi connectivity index (χ0) is 35.7. The van der Waals surface area contributed by atoms with Crippen molar-refractivity contribution in [2.45, 2.75) is 128 Å². The molecule has 4 rings (SSSR count). The highest BCUT2D eigenvalue weighted by atomic mass is 16.6. The molecule has 0 spiro atoms. The summed E-state index contributed by atoms with van der Waals surface area (Å²) in [5, 5.41) is 22.4. The lowest BCUT2D eigenvalue weighted by atomic mass is 9.73. The van der Waals surface area contributed by atoms with Gasteiger partial charge >= 0.3 is 23.9 Å². The molecule has 0 aromatic rings. The van der Waals surface area contributed by atoms with E-state index in [0.717, 1.165) is 51.4 Å². The topological polar surface area (TPSA) is 178 Å². The van der Waals surface area contributed by atoms with Crippen molar-refractivity contribution in [1.29, 1.82) is 0 Å². The monoisotopic (exact) mass is 706 g/mol. The van der Waals surface area contributed by atoms with Crippen molar-refractivity contribution in [3.63, 3.8) is 0 Å². The van der Waals surface area contributed by atoms with Crippen LogP contribution in [0.2, 0.25) is 0 Å². The first kappa shape index (κ1) is 40.0. The van der Waals surface area contributed by atoms with Crippen molar-refractivity contribution < 1.29 is 48.5 Å². The Morgan fingerprint density at radius 3 is 1.62 bits per heavy atom. The maximum Gasteiger partial charge on any atom is 0.308 e. The number of ether oxygens (including phenoxy) is 2. The van der Waals surface area contributed by atoms with Gasteiger partial charge in [-0.05, 0) is 94.8 Å². The molecule has 0 radical (unpaired) electrons. The maximum atomic E-state index is 13.0. The fourth-order valence-electron chi connectivity index (χ4n) is 8.56. The van der Waals surface area contributed by atoms with Crippen molar-refractivity contribution >= 4 is 29.8 Å². The molecule has 6 unspecified atom stereocenters. The van der Waals surface area contributed by atoms with E-state index in [2.05, 4.69) is 10.8 Å². The molecule has 0 aromatic heterocycles. The van der Waals surface area contributed by atoms with Crippen molar-refractivity contribution in [2.75, 3.05) is 32.9 Å². The van der Waals surface area contributed by atoms with Crippen LogP contribution in [0.15, 0.2) is 0 Å². The van der Waals surface area contributed by atoms with E-state index in [1.807, 2.05) is 0 Å². The van der Waals surface area contributed by atoms with Crippen molar-refractivity contribution in [3.05, 3.63) is 0 Å². The van der Waals surface area contributed by atoms with Gasteiger partial charge in [0.05, 0.1) is 49.4 Å². The second-order valence-corrected chi connectivity index (χ2v) is 15.5. The molecule has 0 heterocycles. The second-order valence-electron chi connectivity index (χ2n) is 15.5. The summed E-state index contributed by atoms with van der Waals surface area (Å²) in [6, 6.07) is 0. The molecular weight excluding hydrogens is 644 g/mol. The number of carboxylic acids is 2. The molecular formula is C38H62N2O10. The van der Waals surface area contributed by atoms with Gasteiger partial charge in [0.15, 0.2) is 0 Å². The predicted octanol–water partition coefficient (Wildman–Crippen LogP) is 5.67. The second kappa shape index (κ2) is 21.6. The molecule has 284 valence electrons. The first-order chi connectivity index (χ1) is 24.2. The quantitative estimate of drug-likeness (QED) is 0.0740. The summed E-state index contributed by atoms with van der Waals surface area (Å²) in [5.41, 5.74) is 2.94. The Morgan fingerprint density at radius 1 is 0.540 bits per heavy atom. The van der Waals surface area contributed by atoms with Crippen molar-refractivity contribution in [2.24, 2.45) is 47.3 Å². The molecule has 0 aromatic carbocycles. The molecule has 0 bridgehead atoms. The summed E-state index contributed by atoms with van der Waals surface area (Å²) in [7, 11) is 0. The van der Waals surface area contributed by atoms with E-state index >= 15 is 0 Å². The van der Waals surface area contributed by atoms with Gasteiger partial charge < -0.3 is 29.8 Å².